The van der Waals surface area contributed by atoms with Crippen molar-refractivity contribution in [2.45, 2.75) is 19.8 Å². The zero-order chi connectivity index (χ0) is 18.5. The van der Waals surface area contributed by atoms with E-state index in [2.05, 4.69) is 34.5 Å². The summed E-state index contributed by atoms with van der Waals surface area (Å²) in [5.41, 5.74) is 2.10. The zero-order valence-corrected chi connectivity index (χ0v) is 16.6. The van der Waals surface area contributed by atoms with Gasteiger partial charge in [-0.05, 0) is 23.6 Å². The number of piperazine rings is 1. The number of benzene rings is 1. The molecule has 0 saturated carbocycles. The minimum absolute atomic E-state index is 0. The lowest BCUT2D eigenvalue weighted by Gasteiger charge is -2.26. The first kappa shape index (κ1) is 21.2. The second-order valence-corrected chi connectivity index (χ2v) is 6.90. The van der Waals surface area contributed by atoms with Gasteiger partial charge < -0.3 is 15.7 Å². The molecule has 0 atom stereocenters. The molecule has 148 valence electrons. The highest BCUT2D eigenvalue weighted by molar-refractivity contribution is 5.94. The molecule has 0 spiro atoms. The molecule has 1 aromatic heterocycles. The molecule has 1 amide bonds. The van der Waals surface area contributed by atoms with Gasteiger partial charge in [0.1, 0.15) is 0 Å². The number of aromatic nitrogens is 2. The molecular formula is C19H28ClN5O2. The van der Waals surface area contributed by atoms with Gasteiger partial charge in [0.05, 0.1) is 11.9 Å². The van der Waals surface area contributed by atoms with E-state index in [0.717, 1.165) is 38.4 Å². The molecule has 0 radical (unpaired) electrons. The van der Waals surface area contributed by atoms with Gasteiger partial charge in [0.25, 0.3) is 5.91 Å². The number of amides is 1. The first-order chi connectivity index (χ1) is 12.5. The summed E-state index contributed by atoms with van der Waals surface area (Å²) in [7, 11) is 0. The van der Waals surface area contributed by atoms with E-state index in [0.29, 0.717) is 12.5 Å². The lowest BCUT2D eigenvalue weighted by Crippen LogP contribution is -2.46. The molecule has 2 aromatic rings. The number of carbonyl (C=O) groups excluding carboxylic acids is 1. The highest BCUT2D eigenvalue weighted by atomic mass is 35.5. The lowest BCUT2D eigenvalue weighted by molar-refractivity contribution is 0.0939. The topological polar surface area (TPSA) is 82.4 Å². The molecule has 1 fully saturated rings. The van der Waals surface area contributed by atoms with E-state index < -0.39 is 0 Å². The molecule has 0 bridgehead atoms. The molecule has 27 heavy (non-hydrogen) atoms. The number of halogens is 1. The van der Waals surface area contributed by atoms with Gasteiger partial charge in [0.15, 0.2) is 11.4 Å². The summed E-state index contributed by atoms with van der Waals surface area (Å²) < 4.78 is 1.53. The van der Waals surface area contributed by atoms with Crippen LogP contribution in [0.4, 0.5) is 0 Å². The summed E-state index contributed by atoms with van der Waals surface area (Å²) in [6.45, 7) is 9.54. The maximum absolute atomic E-state index is 12.3. The Bertz CT molecular complexity index is 739. The summed E-state index contributed by atoms with van der Waals surface area (Å²) in [6.07, 6.45) is 1.47. The van der Waals surface area contributed by atoms with Crippen molar-refractivity contribution in [1.82, 2.24) is 25.3 Å². The van der Waals surface area contributed by atoms with E-state index in [-0.39, 0.29) is 29.8 Å². The molecule has 1 aromatic carbocycles. The highest BCUT2D eigenvalue weighted by Crippen LogP contribution is 2.20. The molecule has 1 aliphatic rings. The van der Waals surface area contributed by atoms with Crippen LogP contribution in [-0.4, -0.2) is 65.0 Å². The number of carbonyl (C=O) groups is 1. The molecule has 0 unspecified atom stereocenters. The van der Waals surface area contributed by atoms with Crippen LogP contribution >= 0.6 is 12.4 Å². The first-order valence-electron chi connectivity index (χ1n) is 9.15. The fourth-order valence-electron chi connectivity index (χ4n) is 3.02. The smallest absolute Gasteiger partial charge is 0.275 e. The Morgan fingerprint density at radius 2 is 1.93 bits per heavy atom. The minimum Gasteiger partial charge on any atom is -0.504 e. The van der Waals surface area contributed by atoms with E-state index in [4.69, 9.17) is 0 Å². The Morgan fingerprint density at radius 1 is 1.26 bits per heavy atom. The molecule has 1 saturated heterocycles. The molecule has 3 rings (SSSR count). The third kappa shape index (κ3) is 5.45. The molecular weight excluding hydrogens is 366 g/mol. The van der Waals surface area contributed by atoms with Crippen LogP contribution in [0.1, 0.15) is 35.8 Å². The largest absolute Gasteiger partial charge is 0.504 e. The monoisotopic (exact) mass is 393 g/mol. The molecule has 8 heteroatoms. The van der Waals surface area contributed by atoms with Crippen molar-refractivity contribution in [1.29, 1.82) is 0 Å². The van der Waals surface area contributed by atoms with Crippen LogP contribution in [0.15, 0.2) is 30.5 Å². The first-order valence-corrected chi connectivity index (χ1v) is 9.15. The Balaban J connectivity index is 0.00000261. The third-order valence-corrected chi connectivity index (χ3v) is 4.66. The summed E-state index contributed by atoms with van der Waals surface area (Å²) in [4.78, 5) is 14.6. The van der Waals surface area contributed by atoms with Crippen LogP contribution in [0.3, 0.4) is 0 Å². The zero-order valence-electron chi connectivity index (χ0n) is 15.8. The summed E-state index contributed by atoms with van der Waals surface area (Å²) in [5, 5.41) is 20.5. The van der Waals surface area contributed by atoms with Crippen LogP contribution in [-0.2, 0) is 0 Å². The number of nitrogens with one attached hydrogen (secondary N) is 2. The van der Waals surface area contributed by atoms with Gasteiger partial charge in [0, 0.05) is 39.3 Å². The number of nitrogens with zero attached hydrogens (tertiary/aromatic N) is 3. The van der Waals surface area contributed by atoms with E-state index >= 15 is 0 Å². The predicted molar refractivity (Wildman–Crippen MR) is 108 cm³/mol. The fraction of sp³-hybridized carbons (Fsp3) is 0.474. The van der Waals surface area contributed by atoms with Gasteiger partial charge in [-0.2, -0.15) is 5.10 Å². The van der Waals surface area contributed by atoms with Crippen molar-refractivity contribution in [3.05, 3.63) is 41.7 Å². The predicted octanol–water partition coefficient (Wildman–Crippen LogP) is 1.76. The number of hydrogen-bond acceptors (Lipinski definition) is 5. The second kappa shape index (κ2) is 9.73. The maximum atomic E-state index is 12.3. The van der Waals surface area contributed by atoms with E-state index in [1.54, 1.807) is 0 Å². The van der Waals surface area contributed by atoms with Crippen molar-refractivity contribution >= 4 is 18.3 Å². The fourth-order valence-corrected chi connectivity index (χ4v) is 3.02. The highest BCUT2D eigenvalue weighted by Gasteiger charge is 2.17. The standard InChI is InChI=1S/C19H27N5O2.ClH/c1-14(2)15-3-5-16(6-4-15)24-13-17(25)18(22-24)19(26)21-9-12-23-10-7-20-8-11-23;/h3-6,13-14,20,25H,7-12H2,1-2H3,(H,21,26);1H. The van der Waals surface area contributed by atoms with Crippen molar-refractivity contribution in [3.63, 3.8) is 0 Å². The minimum atomic E-state index is -0.352. The quantitative estimate of drug-likeness (QED) is 0.696. The molecule has 2 heterocycles. The summed E-state index contributed by atoms with van der Waals surface area (Å²) >= 11 is 0. The molecule has 0 aliphatic carbocycles. The van der Waals surface area contributed by atoms with Crippen molar-refractivity contribution in [3.8, 4) is 11.4 Å². The van der Waals surface area contributed by atoms with Crippen LogP contribution in [0, 0.1) is 0 Å². The van der Waals surface area contributed by atoms with Crippen molar-refractivity contribution in [2.75, 3.05) is 39.3 Å². The van der Waals surface area contributed by atoms with Crippen molar-refractivity contribution in [2.24, 2.45) is 0 Å². The number of aromatic hydroxyl groups is 1. The average molecular weight is 394 g/mol. The van der Waals surface area contributed by atoms with E-state index in [1.807, 2.05) is 24.3 Å². The Kier molecular flexibility index (Phi) is 7.65. The van der Waals surface area contributed by atoms with Crippen LogP contribution < -0.4 is 10.6 Å². The van der Waals surface area contributed by atoms with Gasteiger partial charge in [-0.25, -0.2) is 4.68 Å². The summed E-state index contributed by atoms with van der Waals surface area (Å²) in [5.74, 6) is -0.0140. The van der Waals surface area contributed by atoms with E-state index in [9.17, 15) is 9.90 Å². The lowest BCUT2D eigenvalue weighted by atomic mass is 10.0. The molecule has 1 aliphatic heterocycles. The van der Waals surface area contributed by atoms with E-state index in [1.165, 1.54) is 16.4 Å². The normalized spacial score (nSPS) is 14.8. The number of hydrogen-bond donors (Lipinski definition) is 3. The van der Waals surface area contributed by atoms with Crippen molar-refractivity contribution < 1.29 is 9.90 Å². The van der Waals surface area contributed by atoms with Gasteiger partial charge in [0.2, 0.25) is 0 Å². The van der Waals surface area contributed by atoms with Gasteiger partial charge in [-0.15, -0.1) is 12.4 Å². The number of rotatable bonds is 6. The van der Waals surface area contributed by atoms with Gasteiger partial charge in [-0.1, -0.05) is 26.0 Å². The maximum Gasteiger partial charge on any atom is 0.275 e. The average Bonchev–Trinajstić information content (AvgIpc) is 3.04. The Labute approximate surface area is 166 Å². The van der Waals surface area contributed by atoms with Gasteiger partial charge >= 0.3 is 0 Å². The molecule has 3 N–H and O–H groups in total. The van der Waals surface area contributed by atoms with Crippen LogP contribution in [0.25, 0.3) is 5.69 Å². The SMILES string of the molecule is CC(C)c1ccc(-n2cc(O)c(C(=O)NCCN3CCNCC3)n2)cc1.Cl. The Morgan fingerprint density at radius 3 is 2.56 bits per heavy atom. The second-order valence-electron chi connectivity index (χ2n) is 6.90. The third-order valence-electron chi connectivity index (χ3n) is 4.66. The van der Waals surface area contributed by atoms with Crippen LogP contribution in [0.2, 0.25) is 0 Å². The Hall–Kier alpha value is -2.09. The van der Waals surface area contributed by atoms with Crippen LogP contribution in [0.5, 0.6) is 5.75 Å². The summed E-state index contributed by atoms with van der Waals surface area (Å²) in [6, 6.07) is 7.94. The van der Waals surface area contributed by atoms with Gasteiger partial charge in [-0.3, -0.25) is 9.69 Å². The molecule has 7 nitrogen and oxygen atoms in total.